The van der Waals surface area contributed by atoms with E-state index in [1.54, 1.807) is 18.2 Å². The van der Waals surface area contributed by atoms with Crippen LogP contribution in [-0.4, -0.2) is 20.5 Å². The average Bonchev–Trinajstić information content (AvgIpc) is 2.14. The number of carbonyl (C=O) groups excluding carboxylic acids is 1. The molecule has 0 spiro atoms. The molecule has 0 unspecified atom stereocenters. The van der Waals surface area contributed by atoms with Crippen LogP contribution >= 0.6 is 0 Å². The minimum atomic E-state index is -3.18. The van der Waals surface area contributed by atoms with Crippen LogP contribution in [0.2, 0.25) is 0 Å². The van der Waals surface area contributed by atoms with Crippen LogP contribution in [0.5, 0.6) is 0 Å². The second-order valence-corrected chi connectivity index (χ2v) is 5.30. The summed E-state index contributed by atoms with van der Waals surface area (Å²) in [5, 5.41) is 0. The first-order valence-electron chi connectivity index (χ1n) is 4.38. The molecule has 0 saturated heterocycles. The Morgan fingerprint density at radius 2 is 2.00 bits per heavy atom. The Balaban J connectivity index is 3.09. The van der Waals surface area contributed by atoms with E-state index in [2.05, 4.69) is 0 Å². The predicted octanol–water partition coefficient (Wildman–Crippen LogP) is 1.69. The summed E-state index contributed by atoms with van der Waals surface area (Å²) in [7, 11) is -3.18. The first-order chi connectivity index (χ1) is 6.89. The van der Waals surface area contributed by atoms with Crippen molar-refractivity contribution in [1.82, 2.24) is 0 Å². The lowest BCUT2D eigenvalue weighted by molar-refractivity contribution is -0.112. The average molecular weight is 224 g/mol. The van der Waals surface area contributed by atoms with E-state index in [9.17, 15) is 13.2 Å². The maximum Gasteiger partial charge on any atom is 0.175 e. The van der Waals surface area contributed by atoms with Crippen molar-refractivity contribution in [1.29, 1.82) is 0 Å². The maximum absolute atomic E-state index is 11.2. The predicted molar refractivity (Wildman–Crippen MR) is 59.3 cm³/mol. The number of allylic oxidation sites excluding steroid dienone is 1. The number of hydrogen-bond acceptors (Lipinski definition) is 3. The van der Waals surface area contributed by atoms with Crippen molar-refractivity contribution >= 4 is 21.7 Å². The molecule has 0 atom stereocenters. The van der Waals surface area contributed by atoms with Crippen molar-refractivity contribution in [3.05, 3.63) is 35.9 Å². The van der Waals surface area contributed by atoms with Crippen molar-refractivity contribution in [2.45, 2.75) is 11.8 Å². The Bertz CT molecular complexity index is 498. The Kier molecular flexibility index (Phi) is 3.42. The molecule has 0 saturated carbocycles. The third-order valence-corrected chi connectivity index (χ3v) is 2.91. The molecule has 1 rings (SSSR count). The summed E-state index contributed by atoms with van der Waals surface area (Å²) >= 11 is 0. The second kappa shape index (κ2) is 4.40. The van der Waals surface area contributed by atoms with Gasteiger partial charge in [0.05, 0.1) is 4.90 Å². The number of rotatable bonds is 3. The van der Waals surface area contributed by atoms with Crippen molar-refractivity contribution in [3.8, 4) is 0 Å². The van der Waals surface area contributed by atoms with E-state index in [0.717, 1.165) is 6.26 Å². The molecule has 15 heavy (non-hydrogen) atoms. The molecule has 0 aliphatic rings. The van der Waals surface area contributed by atoms with E-state index < -0.39 is 9.84 Å². The van der Waals surface area contributed by atoms with Gasteiger partial charge < -0.3 is 0 Å². The largest absolute Gasteiger partial charge is 0.295 e. The van der Waals surface area contributed by atoms with Crippen LogP contribution in [0.3, 0.4) is 0 Å². The van der Waals surface area contributed by atoms with Crippen LogP contribution in [0.1, 0.15) is 12.5 Å². The smallest absolute Gasteiger partial charge is 0.175 e. The highest BCUT2D eigenvalue weighted by molar-refractivity contribution is 7.90. The van der Waals surface area contributed by atoms with Crippen LogP contribution in [0.4, 0.5) is 0 Å². The lowest BCUT2D eigenvalue weighted by Crippen LogP contribution is -1.96. The van der Waals surface area contributed by atoms with Gasteiger partial charge in [-0.1, -0.05) is 18.2 Å². The highest BCUT2D eigenvalue weighted by Crippen LogP contribution is 2.12. The second-order valence-electron chi connectivity index (χ2n) is 3.29. The van der Waals surface area contributed by atoms with Gasteiger partial charge in [0.1, 0.15) is 0 Å². The summed E-state index contributed by atoms with van der Waals surface area (Å²) in [6.45, 7) is 1.44. The van der Waals surface area contributed by atoms with Gasteiger partial charge in [-0.2, -0.15) is 0 Å². The van der Waals surface area contributed by atoms with Crippen molar-refractivity contribution in [2.75, 3.05) is 6.26 Å². The molecular weight excluding hydrogens is 212 g/mol. The molecule has 0 bridgehead atoms. The first kappa shape index (κ1) is 11.7. The highest BCUT2D eigenvalue weighted by atomic mass is 32.2. The number of ketones is 1. The van der Waals surface area contributed by atoms with E-state index in [0.29, 0.717) is 5.56 Å². The van der Waals surface area contributed by atoms with Crippen LogP contribution in [-0.2, 0) is 14.6 Å². The van der Waals surface area contributed by atoms with Gasteiger partial charge >= 0.3 is 0 Å². The van der Waals surface area contributed by atoms with Gasteiger partial charge in [-0.3, -0.25) is 4.79 Å². The van der Waals surface area contributed by atoms with E-state index in [-0.39, 0.29) is 10.7 Å². The molecule has 0 fully saturated rings. The summed E-state index contributed by atoms with van der Waals surface area (Å²) in [5.41, 5.74) is 0.702. The van der Waals surface area contributed by atoms with Crippen LogP contribution < -0.4 is 0 Å². The first-order valence-corrected chi connectivity index (χ1v) is 6.27. The lowest BCUT2D eigenvalue weighted by atomic mass is 10.2. The zero-order valence-electron chi connectivity index (χ0n) is 8.60. The van der Waals surface area contributed by atoms with Crippen LogP contribution in [0, 0.1) is 0 Å². The van der Waals surface area contributed by atoms with Gasteiger partial charge in [0.15, 0.2) is 15.6 Å². The van der Waals surface area contributed by atoms with E-state index in [4.69, 9.17) is 0 Å². The van der Waals surface area contributed by atoms with E-state index >= 15 is 0 Å². The molecule has 1 aromatic carbocycles. The SMILES string of the molecule is CC(=O)/C=C/c1cccc(S(C)(=O)=O)c1. The fourth-order valence-corrected chi connectivity index (χ4v) is 1.74. The standard InChI is InChI=1S/C11H12O3S/c1-9(12)6-7-10-4-3-5-11(8-10)15(2,13)14/h3-8H,1-2H3/b7-6+. The summed E-state index contributed by atoms with van der Waals surface area (Å²) in [5.74, 6) is -0.0697. The topological polar surface area (TPSA) is 51.2 Å². The van der Waals surface area contributed by atoms with Crippen molar-refractivity contribution < 1.29 is 13.2 Å². The fourth-order valence-electron chi connectivity index (χ4n) is 1.06. The van der Waals surface area contributed by atoms with Gasteiger partial charge in [-0.25, -0.2) is 8.42 Å². The summed E-state index contributed by atoms with van der Waals surface area (Å²) in [4.78, 5) is 11.0. The molecular formula is C11H12O3S. The quantitative estimate of drug-likeness (QED) is 0.734. The molecule has 0 radical (unpaired) electrons. The van der Waals surface area contributed by atoms with Gasteiger partial charge in [0.25, 0.3) is 0 Å². The summed E-state index contributed by atoms with van der Waals surface area (Å²) in [6.07, 6.45) is 4.15. The summed E-state index contributed by atoms with van der Waals surface area (Å²) in [6, 6.07) is 6.46. The summed E-state index contributed by atoms with van der Waals surface area (Å²) < 4.78 is 22.5. The van der Waals surface area contributed by atoms with Gasteiger partial charge in [0, 0.05) is 6.26 Å². The van der Waals surface area contributed by atoms with Crippen molar-refractivity contribution in [2.24, 2.45) is 0 Å². The zero-order valence-corrected chi connectivity index (χ0v) is 9.41. The molecule has 3 nitrogen and oxygen atoms in total. The molecule has 1 aromatic rings. The minimum Gasteiger partial charge on any atom is -0.295 e. The molecule has 80 valence electrons. The highest BCUT2D eigenvalue weighted by Gasteiger charge is 2.05. The zero-order chi connectivity index (χ0) is 11.5. The number of carbonyl (C=O) groups is 1. The van der Waals surface area contributed by atoms with Gasteiger partial charge in [-0.15, -0.1) is 0 Å². The molecule has 0 aliphatic carbocycles. The van der Waals surface area contributed by atoms with Gasteiger partial charge in [0.2, 0.25) is 0 Å². The monoisotopic (exact) mass is 224 g/mol. The number of sulfone groups is 1. The molecule has 0 aliphatic heterocycles. The molecule has 0 amide bonds. The molecule has 0 N–H and O–H groups in total. The Morgan fingerprint density at radius 1 is 1.33 bits per heavy atom. The maximum atomic E-state index is 11.2. The van der Waals surface area contributed by atoms with E-state index in [1.807, 2.05) is 0 Å². The normalized spacial score (nSPS) is 11.9. The lowest BCUT2D eigenvalue weighted by Gasteiger charge is -1.99. The Labute approximate surface area is 89.4 Å². The fraction of sp³-hybridized carbons (Fsp3) is 0.182. The number of hydrogen-bond donors (Lipinski definition) is 0. The van der Waals surface area contributed by atoms with Crippen LogP contribution in [0.15, 0.2) is 35.2 Å². The van der Waals surface area contributed by atoms with Crippen LogP contribution in [0.25, 0.3) is 6.08 Å². The Morgan fingerprint density at radius 3 is 2.53 bits per heavy atom. The van der Waals surface area contributed by atoms with Crippen molar-refractivity contribution in [3.63, 3.8) is 0 Å². The molecule has 4 heteroatoms. The number of benzene rings is 1. The third kappa shape index (κ3) is 3.67. The molecule has 0 aromatic heterocycles. The third-order valence-electron chi connectivity index (χ3n) is 1.80. The van der Waals surface area contributed by atoms with Gasteiger partial charge in [-0.05, 0) is 30.7 Å². The Hall–Kier alpha value is -1.42. The van der Waals surface area contributed by atoms with E-state index in [1.165, 1.54) is 25.1 Å². The molecule has 0 heterocycles. The minimum absolute atomic E-state index is 0.0697.